The number of rotatable bonds is 20. The third-order valence-electron chi connectivity index (χ3n) is 7.83. The van der Waals surface area contributed by atoms with Crippen LogP contribution in [-0.4, -0.2) is 64.9 Å². The molecule has 0 bridgehead atoms. The highest BCUT2D eigenvalue weighted by molar-refractivity contribution is 6.04. The number of nitrogens with zero attached hydrogens (tertiary/aromatic N) is 1. The Bertz CT molecular complexity index is 1280. The van der Waals surface area contributed by atoms with E-state index >= 15 is 0 Å². The van der Waals surface area contributed by atoms with Gasteiger partial charge in [-0.15, -0.1) is 0 Å². The first-order valence-corrected chi connectivity index (χ1v) is 15.9. The number of cyclic esters (lactones) is 1. The van der Waals surface area contributed by atoms with Crippen molar-refractivity contribution in [2.75, 3.05) is 13.2 Å². The summed E-state index contributed by atoms with van der Waals surface area (Å²) in [5.41, 5.74) is 1.62. The molecular formula is C36H45NO8. The predicted octanol–water partition coefficient (Wildman–Crippen LogP) is 5.56. The van der Waals surface area contributed by atoms with Crippen LogP contribution < -0.4 is 0 Å². The molecule has 2 aromatic rings. The Hall–Kier alpha value is -4.11. The number of ketones is 2. The van der Waals surface area contributed by atoms with E-state index in [1.165, 1.54) is 6.08 Å². The van der Waals surface area contributed by atoms with Gasteiger partial charge in [0.15, 0.2) is 17.7 Å². The number of ether oxygens (including phenoxy) is 2. The maximum Gasteiger partial charge on any atom is 0.416 e. The summed E-state index contributed by atoms with van der Waals surface area (Å²) < 4.78 is 10.7. The normalized spacial score (nSPS) is 15.9. The molecule has 1 aliphatic heterocycles. The average molecular weight is 620 g/mol. The molecule has 0 saturated carbocycles. The zero-order chi connectivity index (χ0) is 32.4. The third-order valence-corrected chi connectivity index (χ3v) is 7.83. The van der Waals surface area contributed by atoms with Crippen LogP contribution in [0.3, 0.4) is 0 Å². The molecule has 2 aromatic carbocycles. The van der Waals surface area contributed by atoms with Crippen LogP contribution in [0.4, 0.5) is 4.79 Å². The van der Waals surface area contributed by atoms with Gasteiger partial charge in [-0.25, -0.2) is 9.69 Å². The van der Waals surface area contributed by atoms with Gasteiger partial charge in [0.05, 0.1) is 12.0 Å². The van der Waals surface area contributed by atoms with E-state index in [9.17, 15) is 24.0 Å². The molecule has 0 spiro atoms. The molecule has 0 unspecified atom stereocenters. The highest BCUT2D eigenvalue weighted by atomic mass is 16.6. The van der Waals surface area contributed by atoms with E-state index in [2.05, 4.69) is 0 Å². The average Bonchev–Trinajstić information content (AvgIpc) is 3.40. The summed E-state index contributed by atoms with van der Waals surface area (Å²) >= 11 is 0. The predicted molar refractivity (Wildman–Crippen MR) is 169 cm³/mol. The summed E-state index contributed by atoms with van der Waals surface area (Å²) in [6, 6.07) is 17.7. The minimum atomic E-state index is -1.55. The molecule has 1 aliphatic rings. The van der Waals surface area contributed by atoms with Crippen LogP contribution in [0.1, 0.15) is 75.8 Å². The van der Waals surface area contributed by atoms with Gasteiger partial charge in [-0.05, 0) is 49.0 Å². The maximum absolute atomic E-state index is 14.1. The largest absolute Gasteiger partial charge is 0.453 e. The van der Waals surface area contributed by atoms with E-state index in [0.29, 0.717) is 18.4 Å². The SMILES string of the molecule is CC(=O)O[C@H](C(=O)C=CC(=O)CCCCCCCCCCO)[C@H](Cc1ccccc1)C(=O)N1C(=O)OC[C@@H]1Cc1ccccc1. The Morgan fingerprint density at radius 2 is 1.44 bits per heavy atom. The maximum atomic E-state index is 14.1. The van der Waals surface area contributed by atoms with Crippen LogP contribution >= 0.6 is 0 Å². The van der Waals surface area contributed by atoms with E-state index in [0.717, 1.165) is 68.4 Å². The van der Waals surface area contributed by atoms with Crippen molar-refractivity contribution < 1.29 is 38.6 Å². The van der Waals surface area contributed by atoms with E-state index in [4.69, 9.17) is 14.6 Å². The summed E-state index contributed by atoms with van der Waals surface area (Å²) in [5, 5.41) is 8.84. The Labute approximate surface area is 265 Å². The highest BCUT2D eigenvalue weighted by Gasteiger charge is 2.45. The number of benzene rings is 2. The molecule has 9 nitrogen and oxygen atoms in total. The van der Waals surface area contributed by atoms with Gasteiger partial charge in [0, 0.05) is 20.0 Å². The van der Waals surface area contributed by atoms with Gasteiger partial charge in [-0.2, -0.15) is 0 Å². The first-order chi connectivity index (χ1) is 21.8. The van der Waals surface area contributed by atoms with Crippen LogP contribution in [-0.2, 0) is 41.5 Å². The minimum Gasteiger partial charge on any atom is -0.453 e. The van der Waals surface area contributed by atoms with Crippen LogP contribution in [0.5, 0.6) is 0 Å². The third kappa shape index (κ3) is 12.1. The summed E-state index contributed by atoms with van der Waals surface area (Å²) in [7, 11) is 0. The number of aliphatic hydroxyl groups is 1. The van der Waals surface area contributed by atoms with Crippen molar-refractivity contribution in [3.05, 3.63) is 83.9 Å². The van der Waals surface area contributed by atoms with Crippen LogP contribution in [0.2, 0.25) is 0 Å². The molecule has 1 saturated heterocycles. The smallest absolute Gasteiger partial charge is 0.416 e. The fraction of sp³-hybridized carbons (Fsp3) is 0.472. The fourth-order valence-electron chi connectivity index (χ4n) is 5.48. The zero-order valence-electron chi connectivity index (χ0n) is 26.1. The summed E-state index contributed by atoms with van der Waals surface area (Å²) in [6.45, 7) is 1.38. The van der Waals surface area contributed by atoms with E-state index in [1.54, 1.807) is 24.3 Å². The van der Waals surface area contributed by atoms with Crippen LogP contribution in [0, 0.1) is 5.92 Å². The van der Waals surface area contributed by atoms with Crippen molar-refractivity contribution in [2.45, 2.75) is 89.7 Å². The number of unbranched alkanes of at least 4 members (excludes halogenated alkanes) is 7. The Morgan fingerprint density at radius 3 is 2.04 bits per heavy atom. The highest BCUT2D eigenvalue weighted by Crippen LogP contribution is 2.26. The van der Waals surface area contributed by atoms with Gasteiger partial charge in [-0.3, -0.25) is 19.2 Å². The first kappa shape index (κ1) is 35.4. The molecule has 0 aliphatic carbocycles. The monoisotopic (exact) mass is 619 g/mol. The van der Waals surface area contributed by atoms with Gasteiger partial charge in [0.2, 0.25) is 5.91 Å². The molecule has 1 N–H and O–H groups in total. The van der Waals surface area contributed by atoms with E-state index in [-0.39, 0.29) is 31.8 Å². The van der Waals surface area contributed by atoms with Crippen LogP contribution in [0.25, 0.3) is 0 Å². The quantitative estimate of drug-likeness (QED) is 0.116. The van der Waals surface area contributed by atoms with E-state index in [1.807, 2.05) is 36.4 Å². The number of carbonyl (C=O) groups excluding carboxylic acids is 5. The number of carbonyl (C=O) groups is 5. The molecule has 3 atom stereocenters. The van der Waals surface area contributed by atoms with E-state index < -0.39 is 41.8 Å². The molecule has 0 radical (unpaired) electrons. The first-order valence-electron chi connectivity index (χ1n) is 15.9. The number of hydrogen-bond donors (Lipinski definition) is 1. The Kier molecular flexibility index (Phi) is 15.2. The number of esters is 1. The standard InChI is InChI=1S/C36H45NO8/c1-27(39)45-34(33(41)22-21-31(40)20-14-6-4-2-3-5-7-15-23-38)32(25-29-18-12-9-13-19-29)35(42)37-30(26-44-36(37)43)24-28-16-10-8-11-17-28/h8-13,16-19,21-22,30,32,34,38H,2-7,14-15,20,23-26H2,1H3/t30-,32-,34-/m0/s1. The number of imide groups is 1. The van der Waals surface area contributed by atoms with Gasteiger partial charge in [0.25, 0.3) is 0 Å². The van der Waals surface area contributed by atoms with Gasteiger partial charge in [-0.1, -0.05) is 99.2 Å². The topological polar surface area (TPSA) is 127 Å². The van der Waals surface area contributed by atoms with Crippen LogP contribution in [0.15, 0.2) is 72.8 Å². The second-order valence-corrected chi connectivity index (χ2v) is 11.5. The lowest BCUT2D eigenvalue weighted by Gasteiger charge is -2.29. The minimum absolute atomic E-state index is 0.00181. The van der Waals surface area contributed by atoms with Crippen molar-refractivity contribution in [3.63, 3.8) is 0 Å². The van der Waals surface area contributed by atoms with Gasteiger partial charge in [0.1, 0.15) is 6.61 Å². The van der Waals surface area contributed by atoms with Crippen molar-refractivity contribution >= 4 is 29.5 Å². The lowest BCUT2D eigenvalue weighted by Crippen LogP contribution is -2.49. The number of amides is 2. The lowest BCUT2D eigenvalue weighted by atomic mass is 9.89. The van der Waals surface area contributed by atoms with Crippen molar-refractivity contribution in [3.8, 4) is 0 Å². The van der Waals surface area contributed by atoms with Crippen molar-refractivity contribution in [1.29, 1.82) is 0 Å². The number of allylic oxidation sites excluding steroid dienone is 1. The molecule has 1 fully saturated rings. The van der Waals surface area contributed by atoms with Gasteiger partial charge >= 0.3 is 12.1 Å². The molecular weight excluding hydrogens is 574 g/mol. The molecule has 1 heterocycles. The molecule has 3 rings (SSSR count). The van der Waals surface area contributed by atoms with Crippen molar-refractivity contribution in [1.82, 2.24) is 4.90 Å². The zero-order valence-corrected chi connectivity index (χ0v) is 26.1. The molecule has 9 heteroatoms. The second kappa shape index (κ2) is 19.3. The summed E-state index contributed by atoms with van der Waals surface area (Å²) in [4.78, 5) is 66.2. The molecule has 45 heavy (non-hydrogen) atoms. The van der Waals surface area contributed by atoms with Gasteiger partial charge < -0.3 is 14.6 Å². The second-order valence-electron chi connectivity index (χ2n) is 11.5. The Morgan fingerprint density at radius 1 is 0.867 bits per heavy atom. The number of aliphatic hydroxyl groups excluding tert-OH is 1. The molecule has 242 valence electrons. The molecule has 0 aromatic heterocycles. The summed E-state index contributed by atoms with van der Waals surface area (Å²) in [5.74, 6) is -3.62. The number of hydrogen-bond acceptors (Lipinski definition) is 8. The summed E-state index contributed by atoms with van der Waals surface area (Å²) in [6.07, 6.45) is 8.28. The lowest BCUT2D eigenvalue weighted by molar-refractivity contribution is -0.158. The fourth-order valence-corrected chi connectivity index (χ4v) is 5.48. The molecule has 2 amide bonds. The van der Waals surface area contributed by atoms with Crippen molar-refractivity contribution in [2.24, 2.45) is 5.92 Å². The Balaban J connectivity index is 1.72.